The van der Waals surface area contributed by atoms with E-state index in [9.17, 15) is 0 Å². The number of allylic oxidation sites excluding steroid dienone is 2. The number of terminal acetylenes is 1. The molecule has 1 aliphatic heterocycles. The summed E-state index contributed by atoms with van der Waals surface area (Å²) in [6.45, 7) is 7.62. The maximum Gasteiger partial charge on any atom is 0.0807 e. The van der Waals surface area contributed by atoms with E-state index in [1.165, 1.54) is 12.8 Å². The van der Waals surface area contributed by atoms with Gasteiger partial charge in [-0.15, -0.1) is 6.42 Å². The number of nitrogens with one attached hydrogen (secondary N) is 1. The zero-order chi connectivity index (χ0) is 18.2. The summed E-state index contributed by atoms with van der Waals surface area (Å²) >= 11 is 6.36. The van der Waals surface area contributed by atoms with Crippen molar-refractivity contribution in [1.29, 1.82) is 0 Å². The van der Waals surface area contributed by atoms with Crippen molar-refractivity contribution in [3.63, 3.8) is 0 Å². The minimum atomic E-state index is 0.449. The highest BCUT2D eigenvalue weighted by molar-refractivity contribution is 6.43. The SMILES string of the molecule is C#C/C(=C/NC(=C)C/C(N)=C(\Cl)C1=NCCCC1)C(C)=NCC1CC1. The molecule has 0 aromatic carbocycles. The Bertz CT molecular complexity index is 672. The second kappa shape index (κ2) is 9.48. The standard InChI is InChI=1S/C20H27ClN4/c1-4-17(15(3)25-12-16-8-9-16)13-24-14(2)11-18(22)20(21)19-7-5-6-10-23-19/h1,13,16,24H,2,5-12,22H2,3H3/b17-13-,20-18+,25-15?. The Morgan fingerprint density at radius 3 is 2.88 bits per heavy atom. The molecule has 0 bridgehead atoms. The van der Waals surface area contributed by atoms with Crippen molar-refractivity contribution in [2.45, 2.75) is 45.4 Å². The average Bonchev–Trinajstić information content (AvgIpc) is 3.44. The van der Waals surface area contributed by atoms with Crippen LogP contribution in [0.2, 0.25) is 0 Å². The first-order chi connectivity index (χ1) is 12.0. The third-order valence-corrected chi connectivity index (χ3v) is 4.77. The van der Waals surface area contributed by atoms with Gasteiger partial charge in [0.25, 0.3) is 0 Å². The number of nitrogens with two attached hydrogens (primary N) is 1. The molecule has 134 valence electrons. The van der Waals surface area contributed by atoms with Crippen LogP contribution in [0.25, 0.3) is 0 Å². The lowest BCUT2D eigenvalue weighted by Crippen LogP contribution is -2.15. The Labute approximate surface area is 156 Å². The summed E-state index contributed by atoms with van der Waals surface area (Å²) in [5, 5.41) is 3.68. The van der Waals surface area contributed by atoms with E-state index in [1.807, 2.05) is 6.92 Å². The summed E-state index contributed by atoms with van der Waals surface area (Å²) in [6, 6.07) is 0. The van der Waals surface area contributed by atoms with E-state index in [0.29, 0.717) is 17.2 Å². The van der Waals surface area contributed by atoms with Gasteiger partial charge in [-0.3, -0.25) is 9.98 Å². The van der Waals surface area contributed by atoms with E-state index < -0.39 is 0 Å². The summed E-state index contributed by atoms with van der Waals surface area (Å²) in [7, 11) is 0. The Morgan fingerprint density at radius 2 is 2.28 bits per heavy atom. The van der Waals surface area contributed by atoms with Crippen molar-refractivity contribution >= 4 is 23.0 Å². The minimum absolute atomic E-state index is 0.449. The van der Waals surface area contributed by atoms with Gasteiger partial charge in [0.2, 0.25) is 0 Å². The molecule has 4 nitrogen and oxygen atoms in total. The van der Waals surface area contributed by atoms with Crippen LogP contribution >= 0.6 is 11.6 Å². The molecule has 3 N–H and O–H groups in total. The lowest BCUT2D eigenvalue weighted by Gasteiger charge is -2.14. The molecule has 0 saturated heterocycles. The fourth-order valence-electron chi connectivity index (χ4n) is 2.50. The smallest absolute Gasteiger partial charge is 0.0807 e. The average molecular weight is 359 g/mol. The molecule has 0 amide bonds. The lowest BCUT2D eigenvalue weighted by molar-refractivity contribution is 0.738. The minimum Gasteiger partial charge on any atom is -0.400 e. The molecular weight excluding hydrogens is 332 g/mol. The van der Waals surface area contributed by atoms with Crippen molar-refractivity contribution in [3.8, 4) is 12.3 Å². The zero-order valence-corrected chi connectivity index (χ0v) is 15.7. The first-order valence-corrected chi connectivity index (χ1v) is 9.19. The van der Waals surface area contributed by atoms with Gasteiger partial charge >= 0.3 is 0 Å². The van der Waals surface area contributed by atoms with Gasteiger partial charge < -0.3 is 11.1 Å². The van der Waals surface area contributed by atoms with Crippen molar-refractivity contribution in [1.82, 2.24) is 5.32 Å². The number of hydrogen-bond acceptors (Lipinski definition) is 4. The number of aliphatic imine (C=N–C) groups is 2. The molecule has 0 spiro atoms. The fourth-order valence-corrected chi connectivity index (χ4v) is 2.72. The largest absolute Gasteiger partial charge is 0.400 e. The summed E-state index contributed by atoms with van der Waals surface area (Å²) in [5.74, 6) is 3.41. The Morgan fingerprint density at radius 1 is 1.52 bits per heavy atom. The van der Waals surface area contributed by atoms with Crippen molar-refractivity contribution < 1.29 is 0 Å². The quantitative estimate of drug-likeness (QED) is 0.510. The van der Waals surface area contributed by atoms with Gasteiger partial charge in [-0.1, -0.05) is 24.1 Å². The Kier molecular flexibility index (Phi) is 7.33. The maximum atomic E-state index is 6.36. The highest BCUT2D eigenvalue weighted by Gasteiger charge is 2.20. The third-order valence-electron chi connectivity index (χ3n) is 4.31. The molecular formula is C20H27ClN4. The van der Waals surface area contributed by atoms with Gasteiger partial charge in [0.1, 0.15) is 0 Å². The van der Waals surface area contributed by atoms with E-state index >= 15 is 0 Å². The summed E-state index contributed by atoms with van der Waals surface area (Å²) < 4.78 is 0. The zero-order valence-electron chi connectivity index (χ0n) is 14.9. The van der Waals surface area contributed by atoms with Crippen LogP contribution in [0, 0.1) is 18.3 Å². The van der Waals surface area contributed by atoms with Crippen molar-refractivity contribution in [2.75, 3.05) is 13.1 Å². The van der Waals surface area contributed by atoms with Gasteiger partial charge in [-0.2, -0.15) is 0 Å². The first-order valence-electron chi connectivity index (χ1n) is 8.81. The highest BCUT2D eigenvalue weighted by atomic mass is 35.5. The second-order valence-electron chi connectivity index (χ2n) is 6.62. The van der Waals surface area contributed by atoms with E-state index in [2.05, 4.69) is 27.8 Å². The molecule has 1 aliphatic carbocycles. The fraction of sp³-hybridized carbons (Fsp3) is 0.500. The van der Waals surface area contributed by atoms with Gasteiger partial charge in [0.05, 0.1) is 16.3 Å². The van der Waals surface area contributed by atoms with Gasteiger partial charge in [-0.05, 0) is 44.9 Å². The normalized spacial score (nSPS) is 19.6. The van der Waals surface area contributed by atoms with Crippen LogP contribution in [0.5, 0.6) is 0 Å². The van der Waals surface area contributed by atoms with Crippen LogP contribution in [0.15, 0.2) is 44.8 Å². The number of rotatable bonds is 8. The van der Waals surface area contributed by atoms with E-state index in [0.717, 1.165) is 61.0 Å². The molecule has 0 radical (unpaired) electrons. The third kappa shape index (κ3) is 6.43. The highest BCUT2D eigenvalue weighted by Crippen LogP contribution is 2.29. The van der Waals surface area contributed by atoms with Crippen LogP contribution in [0.3, 0.4) is 0 Å². The van der Waals surface area contributed by atoms with Crippen LogP contribution in [-0.2, 0) is 0 Å². The number of halogens is 1. The Hall–Kier alpha value is -1.99. The molecule has 5 heteroatoms. The molecule has 0 aromatic rings. The lowest BCUT2D eigenvalue weighted by atomic mass is 10.1. The first kappa shape index (κ1) is 19.3. The predicted molar refractivity (Wildman–Crippen MR) is 108 cm³/mol. The van der Waals surface area contributed by atoms with Gasteiger partial charge in [0.15, 0.2) is 0 Å². The molecule has 25 heavy (non-hydrogen) atoms. The summed E-state index contributed by atoms with van der Waals surface area (Å²) in [6.07, 6.45) is 13.5. The molecule has 0 atom stereocenters. The predicted octanol–water partition coefficient (Wildman–Crippen LogP) is 3.90. The molecule has 1 fully saturated rings. The van der Waals surface area contributed by atoms with Crippen molar-refractivity contribution in [2.24, 2.45) is 21.6 Å². The van der Waals surface area contributed by atoms with Crippen LogP contribution < -0.4 is 11.1 Å². The monoisotopic (exact) mass is 358 g/mol. The second-order valence-corrected chi connectivity index (χ2v) is 7.00. The number of hydrogen-bond donors (Lipinski definition) is 2. The van der Waals surface area contributed by atoms with E-state index in [-0.39, 0.29) is 0 Å². The van der Waals surface area contributed by atoms with Crippen LogP contribution in [0.4, 0.5) is 0 Å². The summed E-state index contributed by atoms with van der Waals surface area (Å²) in [4.78, 5) is 9.00. The molecule has 1 heterocycles. The number of nitrogens with zero attached hydrogens (tertiary/aromatic N) is 2. The van der Waals surface area contributed by atoms with Crippen molar-refractivity contribution in [3.05, 3.63) is 34.8 Å². The van der Waals surface area contributed by atoms with Gasteiger partial charge in [0, 0.05) is 42.8 Å². The molecule has 2 aliphatic rings. The maximum absolute atomic E-state index is 6.36. The van der Waals surface area contributed by atoms with Gasteiger partial charge in [-0.25, -0.2) is 0 Å². The summed E-state index contributed by atoms with van der Waals surface area (Å²) in [5.41, 5.74) is 9.93. The van der Waals surface area contributed by atoms with Crippen LogP contribution in [0.1, 0.15) is 45.4 Å². The molecule has 2 rings (SSSR count). The molecule has 0 aromatic heterocycles. The van der Waals surface area contributed by atoms with E-state index in [1.54, 1.807) is 6.20 Å². The molecule has 0 unspecified atom stereocenters. The topological polar surface area (TPSA) is 62.8 Å². The van der Waals surface area contributed by atoms with E-state index in [4.69, 9.17) is 23.8 Å². The molecule has 1 saturated carbocycles. The Balaban J connectivity index is 1.92. The van der Waals surface area contributed by atoms with Crippen LogP contribution in [-0.4, -0.2) is 24.5 Å².